The number of aliphatic hydroxyl groups is 1. The van der Waals surface area contributed by atoms with Crippen LogP contribution in [0.15, 0.2) is 47.4 Å². The van der Waals surface area contributed by atoms with E-state index in [1.54, 1.807) is 46.8 Å². The molecule has 2 unspecified atom stereocenters. The highest BCUT2D eigenvalue weighted by Gasteiger charge is 2.22. The minimum Gasteiger partial charge on any atom is -0.392 e. The van der Waals surface area contributed by atoms with Gasteiger partial charge in [0.05, 0.1) is 17.2 Å². The lowest BCUT2D eigenvalue weighted by molar-refractivity contribution is 0.282. The van der Waals surface area contributed by atoms with Crippen LogP contribution in [0.25, 0.3) is 0 Å². The Balaban J connectivity index is 2.24. The molecule has 2 N–H and O–H groups in total. The Hall–Kier alpha value is -0.760. The molecule has 0 aliphatic rings. The lowest BCUT2D eigenvalue weighted by atomic mass is 10.2. The monoisotopic (exact) mass is 462 g/mol. The summed E-state index contributed by atoms with van der Waals surface area (Å²) in [5.74, 6) is 0.724. The first kappa shape index (κ1) is 23.5. The van der Waals surface area contributed by atoms with Crippen molar-refractivity contribution in [2.24, 2.45) is 0 Å². The molecule has 2 aromatic rings. The van der Waals surface area contributed by atoms with Crippen LogP contribution in [0.4, 0.5) is 5.69 Å². The van der Waals surface area contributed by atoms with Crippen molar-refractivity contribution in [3.05, 3.63) is 58.1 Å². The first-order valence-corrected chi connectivity index (χ1v) is 12.3. The van der Waals surface area contributed by atoms with Crippen LogP contribution in [0.3, 0.4) is 0 Å². The van der Waals surface area contributed by atoms with E-state index in [0.29, 0.717) is 32.7 Å². The van der Waals surface area contributed by atoms with E-state index in [9.17, 15) is 13.9 Å². The molecule has 154 valence electrons. The standard InChI is InChI=1S/C20H26Cl2NO3S2/c1-15(2)27(25)12-4-3-11-23(20-13-18(22)6-5-16(20)14-24)28(26)19-9-7-17(21)8-10-19/h5-10,13,15,24-25H,3-4,11-12,14H2,1-2H3/q+1. The normalized spacial score (nSPS) is 13.5. The second-order valence-electron chi connectivity index (χ2n) is 6.60. The third kappa shape index (κ3) is 6.65. The summed E-state index contributed by atoms with van der Waals surface area (Å²) in [5.41, 5.74) is 1.31. The highest BCUT2D eigenvalue weighted by molar-refractivity contribution is 7.92. The fourth-order valence-electron chi connectivity index (χ4n) is 2.61. The molecule has 28 heavy (non-hydrogen) atoms. The summed E-state index contributed by atoms with van der Waals surface area (Å²) in [6.07, 6.45) is 1.58. The van der Waals surface area contributed by atoms with Crippen LogP contribution in [0.2, 0.25) is 10.0 Å². The zero-order chi connectivity index (χ0) is 20.7. The van der Waals surface area contributed by atoms with E-state index in [1.807, 2.05) is 13.8 Å². The summed E-state index contributed by atoms with van der Waals surface area (Å²) in [6.45, 7) is 4.35. The van der Waals surface area contributed by atoms with Crippen LogP contribution in [0, 0.1) is 0 Å². The molecule has 2 aromatic carbocycles. The summed E-state index contributed by atoms with van der Waals surface area (Å²) in [7, 11) is -1.48. The second-order valence-corrected chi connectivity index (χ2v) is 11.0. The summed E-state index contributed by atoms with van der Waals surface area (Å²) < 4.78 is 25.1. The smallest absolute Gasteiger partial charge is 0.152 e. The van der Waals surface area contributed by atoms with Gasteiger partial charge in [-0.05, 0) is 63.1 Å². The molecule has 0 bridgehead atoms. The zero-order valence-electron chi connectivity index (χ0n) is 16.0. The number of rotatable bonds is 10. The fourth-order valence-corrected chi connectivity index (χ4v) is 5.15. The largest absolute Gasteiger partial charge is 0.392 e. The van der Waals surface area contributed by atoms with Crippen LogP contribution >= 0.6 is 23.2 Å². The maximum absolute atomic E-state index is 13.3. The summed E-state index contributed by atoms with van der Waals surface area (Å²) in [4.78, 5) is 0.623. The van der Waals surface area contributed by atoms with Gasteiger partial charge in [-0.25, -0.2) is 4.21 Å². The van der Waals surface area contributed by atoms with E-state index < -0.39 is 22.2 Å². The van der Waals surface area contributed by atoms with Gasteiger partial charge in [-0.1, -0.05) is 29.3 Å². The maximum atomic E-state index is 13.3. The molecule has 0 aliphatic carbocycles. The first-order chi connectivity index (χ1) is 13.3. The topological polar surface area (TPSA) is 60.8 Å². The van der Waals surface area contributed by atoms with E-state index >= 15 is 0 Å². The van der Waals surface area contributed by atoms with Gasteiger partial charge in [0.15, 0.2) is 11.0 Å². The lowest BCUT2D eigenvalue weighted by Gasteiger charge is -2.26. The molecule has 0 heterocycles. The summed E-state index contributed by atoms with van der Waals surface area (Å²) in [6, 6.07) is 12.1. The number of nitrogens with zero attached hydrogens (tertiary/aromatic N) is 1. The van der Waals surface area contributed by atoms with Gasteiger partial charge < -0.3 is 5.11 Å². The molecule has 2 rings (SSSR count). The van der Waals surface area contributed by atoms with Crippen molar-refractivity contribution in [2.45, 2.75) is 43.4 Å². The van der Waals surface area contributed by atoms with Crippen LogP contribution in [0.1, 0.15) is 32.3 Å². The van der Waals surface area contributed by atoms with E-state index in [1.165, 1.54) is 0 Å². The molecule has 2 atom stereocenters. The van der Waals surface area contributed by atoms with Crippen molar-refractivity contribution in [1.29, 1.82) is 0 Å². The van der Waals surface area contributed by atoms with E-state index in [2.05, 4.69) is 0 Å². The van der Waals surface area contributed by atoms with Crippen molar-refractivity contribution in [2.75, 3.05) is 16.6 Å². The molecule has 0 amide bonds. The Morgan fingerprint density at radius 2 is 1.71 bits per heavy atom. The van der Waals surface area contributed by atoms with Crippen molar-refractivity contribution < 1.29 is 13.9 Å². The Morgan fingerprint density at radius 3 is 2.32 bits per heavy atom. The maximum Gasteiger partial charge on any atom is 0.152 e. The van der Waals surface area contributed by atoms with Crippen LogP contribution in [-0.4, -0.2) is 31.4 Å². The molecule has 0 saturated heterocycles. The van der Waals surface area contributed by atoms with Gasteiger partial charge in [0.25, 0.3) is 0 Å². The number of hydrogen-bond donors (Lipinski definition) is 2. The Morgan fingerprint density at radius 1 is 1.07 bits per heavy atom. The van der Waals surface area contributed by atoms with Crippen molar-refractivity contribution in [1.82, 2.24) is 0 Å². The number of hydrogen-bond acceptors (Lipinski definition) is 3. The van der Waals surface area contributed by atoms with Crippen molar-refractivity contribution >= 4 is 51.1 Å². The van der Waals surface area contributed by atoms with Crippen molar-refractivity contribution in [3.63, 3.8) is 0 Å². The van der Waals surface area contributed by atoms with Gasteiger partial charge in [0, 0.05) is 22.2 Å². The van der Waals surface area contributed by atoms with E-state index in [0.717, 1.165) is 18.6 Å². The number of benzene rings is 2. The Kier molecular flexibility index (Phi) is 9.60. The number of unbranched alkanes of at least 4 members (excludes halogenated alkanes) is 1. The average Bonchev–Trinajstić information content (AvgIpc) is 2.67. The van der Waals surface area contributed by atoms with Crippen LogP contribution in [0.5, 0.6) is 0 Å². The minimum atomic E-state index is -1.48. The number of halogens is 2. The highest BCUT2D eigenvalue weighted by Crippen LogP contribution is 2.29. The minimum absolute atomic E-state index is 0.172. The number of anilines is 1. The zero-order valence-corrected chi connectivity index (χ0v) is 19.1. The third-order valence-corrected chi connectivity index (χ3v) is 7.95. The molecule has 4 nitrogen and oxygen atoms in total. The molecule has 0 saturated carbocycles. The highest BCUT2D eigenvalue weighted by atomic mass is 35.5. The molecule has 8 heteroatoms. The van der Waals surface area contributed by atoms with Gasteiger partial charge in [-0.15, -0.1) is 0 Å². The lowest BCUT2D eigenvalue weighted by Crippen LogP contribution is -2.29. The molecular weight excluding hydrogens is 437 g/mol. The third-order valence-electron chi connectivity index (χ3n) is 4.21. The van der Waals surface area contributed by atoms with Gasteiger partial charge in [-0.2, -0.15) is 4.55 Å². The molecule has 0 radical (unpaired) electrons. The molecular formula is C20H26Cl2NO3S2+. The van der Waals surface area contributed by atoms with Gasteiger partial charge >= 0.3 is 0 Å². The van der Waals surface area contributed by atoms with Crippen molar-refractivity contribution in [3.8, 4) is 0 Å². The Bertz CT molecular complexity index is 788. The van der Waals surface area contributed by atoms with Gasteiger partial charge in [-0.3, -0.25) is 4.31 Å². The first-order valence-electron chi connectivity index (χ1n) is 9.06. The molecule has 0 spiro atoms. The molecule has 0 fully saturated rings. The predicted octanol–water partition coefficient (Wildman–Crippen LogP) is 5.29. The SMILES string of the molecule is CC(C)[S+](O)CCCCN(c1cc(Cl)ccc1CO)S(=O)c1ccc(Cl)cc1. The van der Waals surface area contributed by atoms with Crippen LogP contribution in [-0.2, 0) is 28.8 Å². The number of aliphatic hydroxyl groups excluding tert-OH is 1. The van der Waals surface area contributed by atoms with Crippen LogP contribution < -0.4 is 4.31 Å². The second kappa shape index (κ2) is 11.4. The quantitative estimate of drug-likeness (QED) is 0.372. The molecule has 0 aliphatic heterocycles. The van der Waals surface area contributed by atoms with E-state index in [-0.39, 0.29) is 11.9 Å². The Labute approximate surface area is 182 Å². The summed E-state index contributed by atoms with van der Waals surface area (Å²) >= 11 is 11.5. The molecule has 0 aromatic heterocycles. The van der Waals surface area contributed by atoms with E-state index in [4.69, 9.17) is 23.2 Å². The predicted molar refractivity (Wildman–Crippen MR) is 122 cm³/mol. The van der Waals surface area contributed by atoms with Gasteiger partial charge in [0.1, 0.15) is 22.2 Å². The summed E-state index contributed by atoms with van der Waals surface area (Å²) in [5, 5.41) is 11.1. The average molecular weight is 463 g/mol. The van der Waals surface area contributed by atoms with Gasteiger partial charge in [0.2, 0.25) is 0 Å². The fraction of sp³-hybridized carbons (Fsp3) is 0.400.